The quantitative estimate of drug-likeness (QED) is 0.857. The number of fused-ring (bicyclic) bond motifs is 1. The van der Waals surface area contributed by atoms with E-state index in [1.165, 1.54) is 5.56 Å². The van der Waals surface area contributed by atoms with E-state index in [0.29, 0.717) is 6.04 Å². The van der Waals surface area contributed by atoms with E-state index in [2.05, 4.69) is 15.3 Å². The molecule has 2 aliphatic rings. The van der Waals surface area contributed by atoms with Gasteiger partial charge in [-0.1, -0.05) is 0 Å². The average molecular weight is 296 g/mol. The number of aryl methyl sites for hydroxylation is 1. The highest BCUT2D eigenvalue weighted by Crippen LogP contribution is 2.31. The van der Waals surface area contributed by atoms with Crippen LogP contribution in [0.25, 0.3) is 0 Å². The van der Waals surface area contributed by atoms with E-state index >= 15 is 0 Å². The maximum atomic E-state index is 11.1. The molecule has 1 aromatic heterocycles. The summed E-state index contributed by atoms with van der Waals surface area (Å²) in [6, 6.07) is 0.293. The monoisotopic (exact) mass is 296 g/mol. The molecule has 20 heavy (non-hydrogen) atoms. The van der Waals surface area contributed by atoms with Gasteiger partial charge in [-0.05, 0) is 44.4 Å². The molecule has 0 saturated heterocycles. The Hall–Kier alpha value is -1.21. The fraction of sp³-hybridized carbons (Fsp3) is 0.692. The Morgan fingerprint density at radius 3 is 2.95 bits per heavy atom. The van der Waals surface area contributed by atoms with Gasteiger partial charge < -0.3 is 5.32 Å². The predicted octanol–water partition coefficient (Wildman–Crippen LogP) is 0.834. The zero-order valence-corrected chi connectivity index (χ0v) is 12.2. The van der Waals surface area contributed by atoms with Crippen LogP contribution in [-0.2, 0) is 22.9 Å². The molecule has 0 bridgehead atoms. The summed E-state index contributed by atoms with van der Waals surface area (Å²) in [5.41, 5.74) is 2.39. The molecule has 6 nitrogen and oxygen atoms in total. The first-order chi connectivity index (χ1) is 9.51. The molecule has 1 heterocycles. The number of nitrogens with two attached hydrogens (primary N) is 1. The number of primary sulfonamides is 1. The number of aromatic nitrogens is 2. The molecule has 1 aromatic rings. The zero-order chi connectivity index (χ0) is 14.2. The number of nitrogens with zero attached hydrogens (tertiary/aromatic N) is 2. The largest absolute Gasteiger partial charge is 0.367 e. The van der Waals surface area contributed by atoms with Gasteiger partial charge >= 0.3 is 0 Å². The summed E-state index contributed by atoms with van der Waals surface area (Å²) < 4.78 is 22.3. The summed E-state index contributed by atoms with van der Waals surface area (Å²) >= 11 is 0. The van der Waals surface area contributed by atoms with E-state index in [1.54, 1.807) is 6.33 Å². The third-order valence-corrected chi connectivity index (χ3v) is 5.16. The third-order valence-electron chi connectivity index (χ3n) is 4.23. The van der Waals surface area contributed by atoms with Crippen molar-refractivity contribution in [3.63, 3.8) is 0 Å². The first-order valence-electron chi connectivity index (χ1n) is 7.11. The molecule has 2 atom stereocenters. The lowest BCUT2D eigenvalue weighted by atomic mass is 10.1. The molecule has 1 saturated carbocycles. The molecule has 0 aromatic carbocycles. The van der Waals surface area contributed by atoms with E-state index in [1.807, 2.05) is 0 Å². The molecule has 7 heteroatoms. The SMILES string of the molecule is NS(=O)(=O)C[C@@H]1CC[C@H](Nc2ncnc3c2CCC3)C1. The van der Waals surface area contributed by atoms with Gasteiger partial charge in [0.25, 0.3) is 0 Å². The maximum absolute atomic E-state index is 11.1. The maximum Gasteiger partial charge on any atom is 0.209 e. The summed E-state index contributed by atoms with van der Waals surface area (Å²) in [4.78, 5) is 8.66. The number of anilines is 1. The van der Waals surface area contributed by atoms with Gasteiger partial charge in [0.15, 0.2) is 0 Å². The van der Waals surface area contributed by atoms with Gasteiger partial charge in [0, 0.05) is 17.3 Å². The third kappa shape index (κ3) is 3.09. The highest BCUT2D eigenvalue weighted by atomic mass is 32.2. The van der Waals surface area contributed by atoms with Crippen LogP contribution in [-0.4, -0.2) is 30.2 Å². The Kier molecular flexibility index (Phi) is 3.64. The lowest BCUT2D eigenvalue weighted by molar-refractivity contribution is 0.557. The summed E-state index contributed by atoms with van der Waals surface area (Å²) in [7, 11) is -3.37. The van der Waals surface area contributed by atoms with Gasteiger partial charge in [-0.25, -0.2) is 23.5 Å². The molecule has 0 unspecified atom stereocenters. The molecule has 0 spiro atoms. The summed E-state index contributed by atoms with van der Waals surface area (Å²) in [6.07, 6.45) is 7.54. The second-order valence-corrected chi connectivity index (χ2v) is 7.51. The standard InChI is InChI=1S/C13H20N4O2S/c14-20(18,19)7-9-4-5-10(6-9)17-13-11-2-1-3-12(11)15-8-16-13/h8-10H,1-7H2,(H2,14,18,19)(H,15,16,17)/t9-,10+/m1/s1. The average Bonchev–Trinajstić information content (AvgIpc) is 2.96. The van der Waals surface area contributed by atoms with Crippen molar-refractivity contribution < 1.29 is 8.42 Å². The van der Waals surface area contributed by atoms with Crippen LogP contribution in [0.3, 0.4) is 0 Å². The van der Waals surface area contributed by atoms with Crippen LogP contribution in [0.15, 0.2) is 6.33 Å². The van der Waals surface area contributed by atoms with Crippen LogP contribution >= 0.6 is 0 Å². The second-order valence-electron chi connectivity index (χ2n) is 5.85. The highest BCUT2D eigenvalue weighted by molar-refractivity contribution is 7.89. The normalized spacial score (nSPS) is 25.6. The Morgan fingerprint density at radius 2 is 2.15 bits per heavy atom. The van der Waals surface area contributed by atoms with Crippen LogP contribution in [0.5, 0.6) is 0 Å². The van der Waals surface area contributed by atoms with Crippen molar-refractivity contribution in [1.82, 2.24) is 9.97 Å². The fourth-order valence-corrected chi connectivity index (χ4v) is 4.32. The van der Waals surface area contributed by atoms with Crippen molar-refractivity contribution in [3.8, 4) is 0 Å². The van der Waals surface area contributed by atoms with Gasteiger partial charge in [-0.15, -0.1) is 0 Å². The lowest BCUT2D eigenvalue weighted by Gasteiger charge is -2.16. The topological polar surface area (TPSA) is 98.0 Å². The number of hydrogen-bond acceptors (Lipinski definition) is 5. The van der Waals surface area contributed by atoms with E-state index < -0.39 is 10.0 Å². The van der Waals surface area contributed by atoms with Gasteiger partial charge in [0.05, 0.1) is 5.75 Å². The van der Waals surface area contributed by atoms with Crippen molar-refractivity contribution in [2.75, 3.05) is 11.1 Å². The van der Waals surface area contributed by atoms with Crippen molar-refractivity contribution in [3.05, 3.63) is 17.6 Å². The van der Waals surface area contributed by atoms with Crippen LogP contribution < -0.4 is 10.5 Å². The van der Waals surface area contributed by atoms with Gasteiger partial charge in [0.1, 0.15) is 12.1 Å². The number of sulfonamides is 1. The van der Waals surface area contributed by atoms with Crippen molar-refractivity contribution in [2.45, 2.75) is 44.6 Å². The predicted molar refractivity (Wildman–Crippen MR) is 76.8 cm³/mol. The number of nitrogens with one attached hydrogen (secondary N) is 1. The zero-order valence-electron chi connectivity index (χ0n) is 11.4. The molecule has 0 aliphatic heterocycles. The smallest absolute Gasteiger partial charge is 0.209 e. The minimum atomic E-state index is -3.37. The van der Waals surface area contributed by atoms with Crippen molar-refractivity contribution in [1.29, 1.82) is 0 Å². The Labute approximate surface area is 119 Å². The van der Waals surface area contributed by atoms with Gasteiger partial charge in [-0.3, -0.25) is 0 Å². The van der Waals surface area contributed by atoms with E-state index in [9.17, 15) is 8.42 Å². The molecule has 3 rings (SSSR count). The molecule has 3 N–H and O–H groups in total. The molecule has 0 amide bonds. The minimum Gasteiger partial charge on any atom is -0.367 e. The van der Waals surface area contributed by atoms with E-state index in [4.69, 9.17) is 5.14 Å². The fourth-order valence-electron chi connectivity index (χ4n) is 3.36. The molecule has 0 radical (unpaired) electrons. The summed E-state index contributed by atoms with van der Waals surface area (Å²) in [5, 5.41) is 8.59. The van der Waals surface area contributed by atoms with Gasteiger partial charge in [0.2, 0.25) is 10.0 Å². The number of rotatable bonds is 4. The molecular weight excluding hydrogens is 276 g/mol. The first kappa shape index (κ1) is 13.8. The summed E-state index contributed by atoms with van der Waals surface area (Å²) in [6.45, 7) is 0. The second kappa shape index (κ2) is 5.29. The van der Waals surface area contributed by atoms with Crippen LogP contribution in [0.1, 0.15) is 36.9 Å². The Morgan fingerprint density at radius 1 is 1.30 bits per heavy atom. The first-order valence-corrected chi connectivity index (χ1v) is 8.82. The van der Waals surface area contributed by atoms with Crippen molar-refractivity contribution in [2.24, 2.45) is 11.1 Å². The Bertz CT molecular complexity index is 602. The lowest BCUT2D eigenvalue weighted by Crippen LogP contribution is -2.23. The van der Waals surface area contributed by atoms with E-state index in [-0.39, 0.29) is 11.7 Å². The minimum absolute atomic E-state index is 0.0903. The molecule has 2 aliphatic carbocycles. The van der Waals surface area contributed by atoms with Gasteiger partial charge in [-0.2, -0.15) is 0 Å². The van der Waals surface area contributed by atoms with E-state index in [0.717, 1.165) is 50.0 Å². The van der Waals surface area contributed by atoms with Crippen molar-refractivity contribution >= 4 is 15.8 Å². The molecule has 110 valence electrons. The summed E-state index contributed by atoms with van der Waals surface area (Å²) in [5.74, 6) is 1.19. The molecule has 1 fully saturated rings. The Balaban J connectivity index is 1.64. The number of hydrogen-bond donors (Lipinski definition) is 2. The highest BCUT2D eigenvalue weighted by Gasteiger charge is 2.28. The van der Waals surface area contributed by atoms with Crippen LogP contribution in [0, 0.1) is 5.92 Å². The van der Waals surface area contributed by atoms with Crippen LogP contribution in [0.4, 0.5) is 5.82 Å². The van der Waals surface area contributed by atoms with Crippen LogP contribution in [0.2, 0.25) is 0 Å². The molecular formula is C13H20N4O2S.